The molecule has 0 bridgehead atoms. The lowest BCUT2D eigenvalue weighted by Crippen LogP contribution is -2.55. The number of rotatable bonds is 11. The van der Waals surface area contributed by atoms with Crippen LogP contribution in [0.15, 0.2) is 64.9 Å². The van der Waals surface area contributed by atoms with Crippen LogP contribution in [0.4, 0.5) is 0 Å². The summed E-state index contributed by atoms with van der Waals surface area (Å²) in [6.45, 7) is 1.88. The SMILES string of the molecule is Cc1nc(-c2cccc(S(=O)(=O)N[C@@H](Cc3ccccc3)C(=O)N[C@@H](CC3CCC3)B(O)O)c2)cs1. The first-order valence-corrected chi connectivity index (χ1v) is 14.3. The summed E-state index contributed by atoms with van der Waals surface area (Å²) in [7, 11) is -5.82. The molecule has 0 radical (unpaired) electrons. The highest BCUT2D eigenvalue weighted by Gasteiger charge is 2.34. The second-order valence-electron chi connectivity index (χ2n) is 9.20. The second kappa shape index (κ2) is 11.7. The molecule has 190 valence electrons. The van der Waals surface area contributed by atoms with E-state index in [0.717, 1.165) is 29.8 Å². The summed E-state index contributed by atoms with van der Waals surface area (Å²) in [4.78, 5) is 17.7. The molecule has 0 spiro atoms. The lowest BCUT2D eigenvalue weighted by molar-refractivity contribution is -0.123. The number of amides is 1. The maximum absolute atomic E-state index is 13.4. The molecule has 1 amide bonds. The Labute approximate surface area is 216 Å². The van der Waals surface area contributed by atoms with Crippen LogP contribution < -0.4 is 10.0 Å². The second-order valence-corrected chi connectivity index (χ2v) is 12.0. The van der Waals surface area contributed by atoms with Gasteiger partial charge < -0.3 is 15.4 Å². The van der Waals surface area contributed by atoms with Crippen molar-refractivity contribution in [1.82, 2.24) is 15.0 Å². The van der Waals surface area contributed by atoms with Gasteiger partial charge in [-0.1, -0.05) is 61.7 Å². The Morgan fingerprint density at radius 3 is 2.53 bits per heavy atom. The number of aryl methyl sites for hydroxylation is 1. The first-order chi connectivity index (χ1) is 17.2. The Balaban J connectivity index is 1.56. The number of benzene rings is 2. The number of hydrogen-bond acceptors (Lipinski definition) is 7. The molecule has 4 N–H and O–H groups in total. The summed E-state index contributed by atoms with van der Waals surface area (Å²) in [5, 5.41) is 25.1. The van der Waals surface area contributed by atoms with Crippen molar-refractivity contribution in [3.63, 3.8) is 0 Å². The molecule has 36 heavy (non-hydrogen) atoms. The van der Waals surface area contributed by atoms with Crippen molar-refractivity contribution in [3.05, 3.63) is 70.5 Å². The minimum absolute atomic E-state index is 0.0183. The molecule has 4 rings (SSSR count). The van der Waals surface area contributed by atoms with Crippen molar-refractivity contribution in [2.75, 3.05) is 0 Å². The van der Waals surface area contributed by atoms with E-state index in [1.807, 2.05) is 42.6 Å². The topological polar surface area (TPSA) is 129 Å². The normalized spacial score (nSPS) is 15.6. The molecule has 1 saturated carbocycles. The van der Waals surface area contributed by atoms with Gasteiger partial charge in [0.25, 0.3) is 0 Å². The zero-order chi connectivity index (χ0) is 25.7. The minimum atomic E-state index is -4.08. The molecule has 8 nitrogen and oxygen atoms in total. The largest absolute Gasteiger partial charge is 0.475 e. The van der Waals surface area contributed by atoms with Gasteiger partial charge in [0.05, 0.1) is 21.5 Å². The van der Waals surface area contributed by atoms with Crippen molar-refractivity contribution >= 4 is 34.4 Å². The van der Waals surface area contributed by atoms with Gasteiger partial charge in [-0.15, -0.1) is 11.3 Å². The number of aromatic nitrogens is 1. The zero-order valence-electron chi connectivity index (χ0n) is 20.0. The molecule has 3 aromatic rings. The van der Waals surface area contributed by atoms with Crippen LogP contribution in [0.1, 0.15) is 36.3 Å². The van der Waals surface area contributed by atoms with Gasteiger partial charge in [0, 0.05) is 10.9 Å². The highest BCUT2D eigenvalue weighted by Crippen LogP contribution is 2.30. The van der Waals surface area contributed by atoms with Gasteiger partial charge in [-0.2, -0.15) is 4.72 Å². The van der Waals surface area contributed by atoms with Crippen LogP contribution in [0, 0.1) is 12.8 Å². The summed E-state index contributed by atoms with van der Waals surface area (Å²) >= 11 is 1.48. The van der Waals surface area contributed by atoms with E-state index >= 15 is 0 Å². The predicted octanol–water partition coefficient (Wildman–Crippen LogP) is 2.70. The fourth-order valence-corrected chi connectivity index (χ4v) is 6.10. The Morgan fingerprint density at radius 1 is 1.17 bits per heavy atom. The van der Waals surface area contributed by atoms with Gasteiger partial charge in [0.1, 0.15) is 6.04 Å². The smallest absolute Gasteiger partial charge is 0.426 e. The van der Waals surface area contributed by atoms with Crippen LogP contribution in [0.3, 0.4) is 0 Å². The number of nitrogens with one attached hydrogen (secondary N) is 2. The van der Waals surface area contributed by atoms with Crippen LogP contribution in [-0.2, 0) is 21.2 Å². The first kappa shape index (κ1) is 26.5. The number of thiazole rings is 1. The lowest BCUT2D eigenvalue weighted by Gasteiger charge is -2.30. The monoisotopic (exact) mass is 527 g/mol. The molecule has 1 aromatic heterocycles. The van der Waals surface area contributed by atoms with Crippen molar-refractivity contribution in [1.29, 1.82) is 0 Å². The number of carbonyl (C=O) groups excluding carboxylic acids is 1. The van der Waals surface area contributed by atoms with Crippen LogP contribution in [0.2, 0.25) is 0 Å². The number of nitrogens with zero attached hydrogens (tertiary/aromatic N) is 1. The zero-order valence-corrected chi connectivity index (χ0v) is 21.6. The number of hydrogen-bond donors (Lipinski definition) is 4. The van der Waals surface area contributed by atoms with Crippen molar-refractivity contribution < 1.29 is 23.3 Å². The maximum atomic E-state index is 13.4. The summed E-state index contributed by atoms with van der Waals surface area (Å²) in [6.07, 6.45) is 3.59. The summed E-state index contributed by atoms with van der Waals surface area (Å²) in [6, 6.07) is 14.4. The number of carbonyl (C=O) groups is 1. The minimum Gasteiger partial charge on any atom is -0.426 e. The van der Waals surface area contributed by atoms with Crippen LogP contribution in [0.5, 0.6) is 0 Å². The molecule has 0 saturated heterocycles. The van der Waals surface area contributed by atoms with Crippen molar-refractivity contribution in [3.8, 4) is 11.3 Å². The fourth-order valence-electron chi connectivity index (χ4n) is 4.24. The van der Waals surface area contributed by atoms with E-state index in [-0.39, 0.29) is 11.3 Å². The van der Waals surface area contributed by atoms with Gasteiger partial charge in [-0.3, -0.25) is 4.79 Å². The summed E-state index contributed by atoms with van der Waals surface area (Å²) in [5.41, 5.74) is 2.12. The Kier molecular flexibility index (Phi) is 8.58. The highest BCUT2D eigenvalue weighted by atomic mass is 32.2. The van der Waals surface area contributed by atoms with E-state index in [1.54, 1.807) is 12.1 Å². The van der Waals surface area contributed by atoms with E-state index < -0.39 is 35.0 Å². The van der Waals surface area contributed by atoms with Crippen molar-refractivity contribution in [2.24, 2.45) is 5.92 Å². The fraction of sp³-hybridized carbons (Fsp3) is 0.360. The quantitative estimate of drug-likeness (QED) is 0.284. The van der Waals surface area contributed by atoms with Gasteiger partial charge in [0.15, 0.2) is 0 Å². The third-order valence-corrected chi connectivity index (χ3v) is 8.70. The standard InChI is InChI=1S/C25H30BN3O5S2/c1-17-27-23(16-35-17)20-11-6-12-21(15-20)36(33,34)29-22(13-18-7-3-2-4-8-18)25(30)28-24(26(31)32)14-19-9-5-10-19/h2-4,6-8,11-12,15-16,19,22,24,29,31-32H,5,9-10,13-14H2,1H3,(H,28,30)/t22-,24-/m0/s1. The van der Waals surface area contributed by atoms with Gasteiger partial charge >= 0.3 is 7.12 Å². The molecule has 1 aliphatic carbocycles. The Morgan fingerprint density at radius 2 is 1.92 bits per heavy atom. The van der Waals surface area contributed by atoms with E-state index in [0.29, 0.717) is 23.6 Å². The molecule has 2 atom stereocenters. The highest BCUT2D eigenvalue weighted by molar-refractivity contribution is 7.89. The van der Waals surface area contributed by atoms with E-state index in [2.05, 4.69) is 15.0 Å². The molecule has 2 aromatic carbocycles. The molecule has 1 heterocycles. The molecule has 11 heteroatoms. The van der Waals surface area contributed by atoms with Crippen LogP contribution >= 0.6 is 11.3 Å². The maximum Gasteiger partial charge on any atom is 0.475 e. The first-order valence-electron chi connectivity index (χ1n) is 12.0. The van der Waals surface area contributed by atoms with E-state index in [9.17, 15) is 23.3 Å². The van der Waals surface area contributed by atoms with Crippen molar-refractivity contribution in [2.45, 2.75) is 55.9 Å². The van der Waals surface area contributed by atoms with E-state index in [1.165, 1.54) is 23.5 Å². The average Bonchev–Trinajstić information content (AvgIpc) is 3.26. The van der Waals surface area contributed by atoms with Crippen LogP contribution in [-0.4, -0.2) is 48.5 Å². The lowest BCUT2D eigenvalue weighted by atomic mass is 9.69. The summed E-state index contributed by atoms with van der Waals surface area (Å²) < 4.78 is 29.3. The third kappa shape index (κ3) is 6.80. The predicted molar refractivity (Wildman–Crippen MR) is 141 cm³/mol. The van der Waals surface area contributed by atoms with Gasteiger partial charge in [-0.25, -0.2) is 13.4 Å². The van der Waals surface area contributed by atoms with Gasteiger partial charge in [-0.05, 0) is 43.4 Å². The average molecular weight is 527 g/mol. The molecule has 1 aliphatic rings. The molecule has 0 unspecified atom stereocenters. The molecule has 0 aliphatic heterocycles. The van der Waals surface area contributed by atoms with Gasteiger partial charge in [0.2, 0.25) is 15.9 Å². The summed E-state index contributed by atoms with van der Waals surface area (Å²) in [5.74, 6) is -1.16. The molecule has 1 fully saturated rings. The molecular weight excluding hydrogens is 497 g/mol. The van der Waals surface area contributed by atoms with E-state index in [4.69, 9.17) is 0 Å². The number of sulfonamides is 1. The van der Waals surface area contributed by atoms with Crippen LogP contribution in [0.25, 0.3) is 11.3 Å². The Bertz CT molecular complexity index is 1280. The molecular formula is C25H30BN3O5S2. The third-order valence-electron chi connectivity index (χ3n) is 6.46. The Hall–Kier alpha value is -2.57.